The maximum Gasteiger partial charge on any atom is 0.159 e. The molecule has 47 heavy (non-hydrogen) atoms. The molecule has 0 N–H and O–H groups in total. The molecule has 5 heteroatoms. The van der Waals surface area contributed by atoms with Crippen LogP contribution in [0.1, 0.15) is 101 Å². The van der Waals surface area contributed by atoms with Gasteiger partial charge in [0.15, 0.2) is 23.3 Å². The molecule has 0 saturated heterocycles. The lowest BCUT2D eigenvalue weighted by Crippen LogP contribution is -2.28. The maximum absolute atomic E-state index is 14.0. The molecule has 2 aliphatic rings. The molecule has 248 valence electrons. The number of benzene rings is 4. The van der Waals surface area contributed by atoms with Crippen LogP contribution in [0, 0.1) is 46.9 Å². The third-order valence-corrected chi connectivity index (χ3v) is 11.1. The standard InChI is InChI=1S/C42H46F4O/c1-3-27-5-9-31(10-6-27)41(33-17-13-29(14-18-33)35-21-23-37(43)39(45)25-35)47-42(32-11-7-28(4-2)8-12-32)34-19-15-30(16-20-34)36-22-24-38(44)40(46)26-36/h13-28,31-32,41-42H,3-12H2,1-2H3. The van der Waals surface area contributed by atoms with Gasteiger partial charge in [-0.05, 0) is 107 Å². The molecule has 0 spiro atoms. The van der Waals surface area contributed by atoms with Crippen molar-refractivity contribution in [3.05, 3.63) is 119 Å². The lowest BCUT2D eigenvalue weighted by molar-refractivity contribution is -0.0905. The Morgan fingerprint density at radius 1 is 0.468 bits per heavy atom. The molecule has 0 aliphatic heterocycles. The van der Waals surface area contributed by atoms with Gasteiger partial charge in [-0.15, -0.1) is 0 Å². The summed E-state index contributed by atoms with van der Waals surface area (Å²) in [5.41, 5.74) is 5.18. The highest BCUT2D eigenvalue weighted by Gasteiger charge is 2.35. The average Bonchev–Trinajstić information content (AvgIpc) is 3.11. The molecular weight excluding hydrogens is 596 g/mol. The number of rotatable bonds is 10. The van der Waals surface area contributed by atoms with Gasteiger partial charge in [-0.3, -0.25) is 0 Å². The van der Waals surface area contributed by atoms with Crippen molar-refractivity contribution in [2.75, 3.05) is 0 Å². The smallest absolute Gasteiger partial charge is 0.159 e. The Morgan fingerprint density at radius 2 is 0.809 bits per heavy atom. The second-order valence-corrected chi connectivity index (χ2v) is 13.9. The second kappa shape index (κ2) is 15.2. The Balaban J connectivity index is 1.32. The predicted molar refractivity (Wildman–Crippen MR) is 182 cm³/mol. The van der Waals surface area contributed by atoms with Crippen LogP contribution in [0.2, 0.25) is 0 Å². The topological polar surface area (TPSA) is 9.23 Å². The summed E-state index contributed by atoms with van der Waals surface area (Å²) in [6.45, 7) is 4.56. The van der Waals surface area contributed by atoms with E-state index in [1.165, 1.54) is 62.8 Å². The first-order valence-corrected chi connectivity index (χ1v) is 17.6. The average molecular weight is 643 g/mol. The number of ether oxygens (including phenoxy) is 1. The van der Waals surface area contributed by atoms with E-state index in [0.717, 1.165) is 59.8 Å². The second-order valence-electron chi connectivity index (χ2n) is 13.9. The molecule has 2 unspecified atom stereocenters. The first-order valence-electron chi connectivity index (χ1n) is 17.6. The van der Waals surface area contributed by atoms with Gasteiger partial charge in [-0.2, -0.15) is 0 Å². The van der Waals surface area contributed by atoms with Gasteiger partial charge in [0.05, 0.1) is 12.2 Å². The highest BCUT2D eigenvalue weighted by atomic mass is 19.2. The summed E-state index contributed by atoms with van der Waals surface area (Å²) in [6.07, 6.45) is 11.4. The Morgan fingerprint density at radius 3 is 1.13 bits per heavy atom. The van der Waals surface area contributed by atoms with Crippen molar-refractivity contribution in [2.24, 2.45) is 23.7 Å². The fourth-order valence-corrected chi connectivity index (χ4v) is 7.96. The third-order valence-electron chi connectivity index (χ3n) is 11.1. The fourth-order valence-electron chi connectivity index (χ4n) is 7.96. The van der Waals surface area contributed by atoms with Gasteiger partial charge in [-0.1, -0.05) is 113 Å². The summed E-state index contributed by atoms with van der Waals surface area (Å²) in [5, 5.41) is 0. The summed E-state index contributed by atoms with van der Waals surface area (Å²) < 4.78 is 62.7. The summed E-state index contributed by atoms with van der Waals surface area (Å²) in [6, 6.07) is 24.4. The molecule has 0 bridgehead atoms. The summed E-state index contributed by atoms with van der Waals surface area (Å²) in [7, 11) is 0. The molecule has 0 amide bonds. The summed E-state index contributed by atoms with van der Waals surface area (Å²) >= 11 is 0. The number of hydrogen-bond donors (Lipinski definition) is 0. The van der Waals surface area contributed by atoms with E-state index < -0.39 is 23.3 Å². The van der Waals surface area contributed by atoms with E-state index in [-0.39, 0.29) is 12.2 Å². The van der Waals surface area contributed by atoms with E-state index in [2.05, 4.69) is 38.1 Å². The van der Waals surface area contributed by atoms with Gasteiger partial charge in [0, 0.05) is 0 Å². The molecule has 2 atom stereocenters. The van der Waals surface area contributed by atoms with Crippen molar-refractivity contribution in [2.45, 2.75) is 90.3 Å². The minimum atomic E-state index is -0.850. The summed E-state index contributed by atoms with van der Waals surface area (Å²) in [5.74, 6) is -1.13. The van der Waals surface area contributed by atoms with Crippen LogP contribution in [0.3, 0.4) is 0 Å². The zero-order valence-corrected chi connectivity index (χ0v) is 27.5. The van der Waals surface area contributed by atoms with Gasteiger partial charge in [-0.25, -0.2) is 17.6 Å². The van der Waals surface area contributed by atoms with Gasteiger partial charge in [0.2, 0.25) is 0 Å². The largest absolute Gasteiger partial charge is 0.365 e. The Bertz CT molecular complexity index is 1480. The molecule has 2 aliphatic carbocycles. The Labute approximate surface area is 277 Å². The van der Waals surface area contributed by atoms with Crippen molar-refractivity contribution in [1.82, 2.24) is 0 Å². The Kier molecular flexibility index (Phi) is 10.8. The molecule has 0 aromatic heterocycles. The van der Waals surface area contributed by atoms with E-state index in [0.29, 0.717) is 23.0 Å². The van der Waals surface area contributed by atoms with Crippen LogP contribution in [0.15, 0.2) is 84.9 Å². The van der Waals surface area contributed by atoms with E-state index in [1.807, 2.05) is 24.3 Å². The molecule has 2 fully saturated rings. The minimum Gasteiger partial charge on any atom is -0.365 e. The van der Waals surface area contributed by atoms with Crippen LogP contribution >= 0.6 is 0 Å². The molecule has 2 saturated carbocycles. The number of halogens is 4. The first kappa shape index (κ1) is 33.5. The highest BCUT2D eigenvalue weighted by molar-refractivity contribution is 5.64. The van der Waals surface area contributed by atoms with Crippen molar-refractivity contribution < 1.29 is 22.3 Å². The lowest BCUT2D eigenvalue weighted by Gasteiger charge is -2.40. The third kappa shape index (κ3) is 7.83. The van der Waals surface area contributed by atoms with Crippen LogP contribution in [-0.2, 0) is 4.74 Å². The van der Waals surface area contributed by atoms with Crippen molar-refractivity contribution in [3.63, 3.8) is 0 Å². The van der Waals surface area contributed by atoms with Crippen LogP contribution in [-0.4, -0.2) is 0 Å². The van der Waals surface area contributed by atoms with Crippen LogP contribution in [0.25, 0.3) is 22.3 Å². The SMILES string of the molecule is CCC1CCC(C(OC(c2ccc(-c3ccc(F)c(F)c3)cc2)C2CCC(CC)CC2)c2ccc(-c3ccc(F)c(F)c3)cc2)CC1. The fraction of sp³-hybridized carbons (Fsp3) is 0.429. The van der Waals surface area contributed by atoms with E-state index in [9.17, 15) is 17.6 Å². The molecule has 1 nitrogen and oxygen atoms in total. The minimum absolute atomic E-state index is 0.105. The highest BCUT2D eigenvalue weighted by Crippen LogP contribution is 2.47. The first-order chi connectivity index (χ1) is 22.8. The van der Waals surface area contributed by atoms with Crippen LogP contribution in [0.5, 0.6) is 0 Å². The number of hydrogen-bond acceptors (Lipinski definition) is 1. The van der Waals surface area contributed by atoms with Crippen molar-refractivity contribution >= 4 is 0 Å². The molecular formula is C42H46F4O. The van der Waals surface area contributed by atoms with Gasteiger partial charge in [0.25, 0.3) is 0 Å². The normalized spacial score (nSPS) is 22.9. The van der Waals surface area contributed by atoms with Crippen LogP contribution in [0.4, 0.5) is 17.6 Å². The summed E-state index contributed by atoms with van der Waals surface area (Å²) in [4.78, 5) is 0. The van der Waals surface area contributed by atoms with Crippen molar-refractivity contribution in [1.29, 1.82) is 0 Å². The molecule has 6 rings (SSSR count). The molecule has 0 radical (unpaired) electrons. The lowest BCUT2D eigenvalue weighted by atomic mass is 9.75. The quantitative estimate of drug-likeness (QED) is 0.156. The molecule has 4 aromatic carbocycles. The van der Waals surface area contributed by atoms with Gasteiger partial charge in [0.1, 0.15) is 0 Å². The zero-order chi connectivity index (χ0) is 32.9. The zero-order valence-electron chi connectivity index (χ0n) is 27.5. The molecule has 4 aromatic rings. The molecule has 0 heterocycles. The van der Waals surface area contributed by atoms with Crippen molar-refractivity contribution in [3.8, 4) is 22.3 Å². The van der Waals surface area contributed by atoms with E-state index >= 15 is 0 Å². The van der Waals surface area contributed by atoms with Gasteiger partial charge >= 0.3 is 0 Å². The monoisotopic (exact) mass is 642 g/mol. The van der Waals surface area contributed by atoms with Gasteiger partial charge < -0.3 is 4.74 Å². The maximum atomic E-state index is 14.0. The van der Waals surface area contributed by atoms with Crippen LogP contribution < -0.4 is 0 Å². The Hall–Kier alpha value is -3.44. The van der Waals surface area contributed by atoms with E-state index in [1.54, 1.807) is 12.1 Å². The predicted octanol–water partition coefficient (Wildman–Crippen LogP) is 12.8. The van der Waals surface area contributed by atoms with E-state index in [4.69, 9.17) is 4.74 Å².